The molecule has 1 amide bonds. The third-order valence-electron chi connectivity index (χ3n) is 2.47. The molecule has 0 atom stereocenters. The van der Waals surface area contributed by atoms with E-state index in [1.807, 2.05) is 24.3 Å². The minimum absolute atomic E-state index is 0.362. The molecule has 1 aromatic heterocycles. The van der Waals surface area contributed by atoms with Gasteiger partial charge in [-0.1, -0.05) is 12.1 Å². The summed E-state index contributed by atoms with van der Waals surface area (Å²) in [6.07, 6.45) is 0. The highest BCUT2D eigenvalue weighted by Crippen LogP contribution is 2.21. The lowest BCUT2D eigenvalue weighted by molar-refractivity contribution is -0.309. The maximum atomic E-state index is 11.5. The number of benzene rings is 1. The van der Waals surface area contributed by atoms with Gasteiger partial charge in [-0.3, -0.25) is 9.48 Å². The van der Waals surface area contributed by atoms with Crippen LogP contribution in [0.15, 0.2) is 24.3 Å². The Balaban J connectivity index is 2.05. The topological polar surface area (TPSA) is 96.3 Å². The summed E-state index contributed by atoms with van der Waals surface area (Å²) in [5.74, 6) is -1.42. The molecule has 0 radical (unpaired) electrons. The molecule has 0 fully saturated rings. The van der Waals surface area contributed by atoms with Crippen LogP contribution in [0.3, 0.4) is 0 Å². The van der Waals surface area contributed by atoms with Crippen molar-refractivity contribution in [2.75, 3.05) is 18.5 Å². The number of carboxylic acid groups (broad SMARTS) is 1. The number of anilines is 1. The number of nitrogens with zero attached hydrogens (tertiary/aromatic N) is 2. The molecule has 1 N–H and O–H groups in total. The van der Waals surface area contributed by atoms with Crippen LogP contribution in [0.2, 0.25) is 0 Å². The number of aromatic nitrogens is 2. The average Bonchev–Trinajstić information content (AvgIpc) is 2.66. The Hall–Kier alpha value is -2.41. The van der Waals surface area contributed by atoms with Crippen LogP contribution in [-0.4, -0.2) is 34.9 Å². The predicted octanol–water partition coefficient (Wildman–Crippen LogP) is -0.722. The monoisotopic (exact) mass is 262 g/mol. The van der Waals surface area contributed by atoms with Gasteiger partial charge in [0.15, 0.2) is 5.82 Å². The molecule has 0 aliphatic rings. The zero-order chi connectivity index (χ0) is 13.8. The molecule has 0 spiro atoms. The Morgan fingerprint density at radius 1 is 1.37 bits per heavy atom. The third-order valence-corrected chi connectivity index (χ3v) is 2.47. The van der Waals surface area contributed by atoms with Crippen LogP contribution in [0.25, 0.3) is 10.9 Å². The Morgan fingerprint density at radius 3 is 2.84 bits per heavy atom. The zero-order valence-corrected chi connectivity index (χ0v) is 10.3. The summed E-state index contributed by atoms with van der Waals surface area (Å²) in [4.78, 5) is 21.7. The molecule has 2 rings (SSSR count). The van der Waals surface area contributed by atoms with Gasteiger partial charge < -0.3 is 20.0 Å². The summed E-state index contributed by atoms with van der Waals surface area (Å²) >= 11 is 0. The number of aryl methyl sites for hydroxylation is 1. The SMILES string of the molecule is Cn1nc(NC(=O)COCC(=O)[O-])c2ccccc21. The Labute approximate surface area is 108 Å². The smallest absolute Gasteiger partial charge is 0.251 e. The molecule has 0 aliphatic carbocycles. The van der Waals surface area contributed by atoms with Crippen molar-refractivity contribution in [3.05, 3.63) is 24.3 Å². The Kier molecular flexibility index (Phi) is 3.76. The van der Waals surface area contributed by atoms with Gasteiger partial charge in [-0.2, -0.15) is 5.10 Å². The number of ether oxygens (including phenoxy) is 1. The van der Waals surface area contributed by atoms with E-state index in [0.29, 0.717) is 5.82 Å². The van der Waals surface area contributed by atoms with Crippen LogP contribution in [0, 0.1) is 0 Å². The van der Waals surface area contributed by atoms with Gasteiger partial charge in [0.1, 0.15) is 6.61 Å². The third kappa shape index (κ3) is 3.08. The minimum atomic E-state index is -1.36. The normalized spacial score (nSPS) is 10.6. The molecular weight excluding hydrogens is 250 g/mol. The predicted molar refractivity (Wildman–Crippen MR) is 65.2 cm³/mol. The number of nitrogens with one attached hydrogen (secondary N) is 1. The van der Waals surface area contributed by atoms with E-state index in [0.717, 1.165) is 10.9 Å². The van der Waals surface area contributed by atoms with Crippen LogP contribution < -0.4 is 10.4 Å². The number of carboxylic acids is 1. The molecule has 7 nitrogen and oxygen atoms in total. The van der Waals surface area contributed by atoms with Crippen LogP contribution in [0.5, 0.6) is 0 Å². The fraction of sp³-hybridized carbons (Fsp3) is 0.250. The summed E-state index contributed by atoms with van der Waals surface area (Å²) in [6.45, 7) is -0.977. The van der Waals surface area contributed by atoms with Crippen molar-refractivity contribution in [2.45, 2.75) is 0 Å². The number of carbonyl (C=O) groups is 2. The lowest BCUT2D eigenvalue weighted by Crippen LogP contribution is -2.29. The number of rotatable bonds is 5. The lowest BCUT2D eigenvalue weighted by atomic mass is 10.2. The first kappa shape index (κ1) is 13.0. The van der Waals surface area contributed by atoms with E-state index in [4.69, 9.17) is 0 Å². The van der Waals surface area contributed by atoms with Gasteiger partial charge in [0.25, 0.3) is 5.91 Å². The molecule has 100 valence electrons. The van der Waals surface area contributed by atoms with Crippen molar-refractivity contribution < 1.29 is 19.4 Å². The second-order valence-electron chi connectivity index (χ2n) is 3.90. The second-order valence-corrected chi connectivity index (χ2v) is 3.90. The van der Waals surface area contributed by atoms with E-state index in [2.05, 4.69) is 15.2 Å². The first-order chi connectivity index (χ1) is 9.08. The van der Waals surface area contributed by atoms with Crippen LogP contribution >= 0.6 is 0 Å². The van der Waals surface area contributed by atoms with E-state index in [1.165, 1.54) is 0 Å². The molecule has 0 saturated heterocycles. The molecule has 1 heterocycles. The van der Waals surface area contributed by atoms with Gasteiger partial charge in [-0.25, -0.2) is 0 Å². The number of hydrogen-bond acceptors (Lipinski definition) is 5. The van der Waals surface area contributed by atoms with E-state index < -0.39 is 18.5 Å². The van der Waals surface area contributed by atoms with Crippen LogP contribution in [0.4, 0.5) is 5.82 Å². The van der Waals surface area contributed by atoms with Crippen molar-refractivity contribution in [2.24, 2.45) is 7.05 Å². The lowest BCUT2D eigenvalue weighted by Gasteiger charge is -2.04. The van der Waals surface area contributed by atoms with Crippen molar-refractivity contribution in [3.8, 4) is 0 Å². The maximum absolute atomic E-state index is 11.5. The summed E-state index contributed by atoms with van der Waals surface area (Å²) in [5, 5.41) is 17.7. The molecule has 0 saturated carbocycles. The van der Waals surface area contributed by atoms with E-state index in [1.54, 1.807) is 11.7 Å². The quantitative estimate of drug-likeness (QED) is 0.767. The van der Waals surface area contributed by atoms with Gasteiger partial charge in [-0.05, 0) is 12.1 Å². The molecule has 0 unspecified atom stereocenters. The van der Waals surface area contributed by atoms with E-state index >= 15 is 0 Å². The fourth-order valence-electron chi connectivity index (χ4n) is 1.70. The fourth-order valence-corrected chi connectivity index (χ4v) is 1.70. The number of fused-ring (bicyclic) bond motifs is 1. The molecule has 0 bridgehead atoms. The number of hydrogen-bond donors (Lipinski definition) is 1. The number of aliphatic carboxylic acids is 1. The largest absolute Gasteiger partial charge is 0.548 e. The van der Waals surface area contributed by atoms with Gasteiger partial charge >= 0.3 is 0 Å². The first-order valence-electron chi connectivity index (χ1n) is 5.57. The molecule has 2 aromatic rings. The maximum Gasteiger partial charge on any atom is 0.251 e. The van der Waals surface area contributed by atoms with Gasteiger partial charge in [0.2, 0.25) is 0 Å². The second kappa shape index (κ2) is 5.49. The Bertz CT molecular complexity index is 620. The first-order valence-corrected chi connectivity index (χ1v) is 5.57. The molecule has 0 aliphatic heterocycles. The molecule has 7 heteroatoms. The summed E-state index contributed by atoms with van der Waals surface area (Å²) in [7, 11) is 1.77. The average molecular weight is 262 g/mol. The highest BCUT2D eigenvalue weighted by molar-refractivity contribution is 6.00. The minimum Gasteiger partial charge on any atom is -0.548 e. The van der Waals surface area contributed by atoms with Gasteiger partial charge in [0, 0.05) is 12.4 Å². The van der Waals surface area contributed by atoms with E-state index in [9.17, 15) is 14.7 Å². The number of carbonyl (C=O) groups excluding carboxylic acids is 2. The number of amides is 1. The van der Waals surface area contributed by atoms with Gasteiger partial charge in [-0.15, -0.1) is 0 Å². The summed E-state index contributed by atoms with van der Waals surface area (Å²) in [5.41, 5.74) is 0.883. The highest BCUT2D eigenvalue weighted by Gasteiger charge is 2.10. The zero-order valence-electron chi connectivity index (χ0n) is 10.3. The molecule has 19 heavy (non-hydrogen) atoms. The summed E-state index contributed by atoms with van der Waals surface area (Å²) < 4.78 is 6.29. The highest BCUT2D eigenvalue weighted by atomic mass is 16.5. The van der Waals surface area contributed by atoms with Crippen LogP contribution in [0.1, 0.15) is 0 Å². The van der Waals surface area contributed by atoms with Crippen molar-refractivity contribution in [1.29, 1.82) is 0 Å². The van der Waals surface area contributed by atoms with Crippen LogP contribution in [-0.2, 0) is 21.4 Å². The molecule has 1 aromatic carbocycles. The Morgan fingerprint density at radius 2 is 2.11 bits per heavy atom. The van der Waals surface area contributed by atoms with Crippen molar-refractivity contribution in [1.82, 2.24) is 9.78 Å². The molecular formula is C12H12N3O4-. The van der Waals surface area contributed by atoms with E-state index in [-0.39, 0.29) is 6.61 Å². The standard InChI is InChI=1S/C12H13N3O4/c1-15-9-5-3-2-4-8(9)12(14-15)13-10(16)6-19-7-11(17)18/h2-5H,6-7H2,1H3,(H,17,18)(H,13,14,16)/p-1. The van der Waals surface area contributed by atoms with Gasteiger partial charge in [0.05, 0.1) is 18.1 Å². The van der Waals surface area contributed by atoms with Crippen molar-refractivity contribution >= 4 is 28.6 Å². The number of para-hydroxylation sites is 1. The van der Waals surface area contributed by atoms with Crippen molar-refractivity contribution in [3.63, 3.8) is 0 Å². The summed E-state index contributed by atoms with van der Waals surface area (Å²) in [6, 6.07) is 7.43.